The molecule has 1 saturated heterocycles. The van der Waals surface area contributed by atoms with Crippen LogP contribution in [0, 0.1) is 5.92 Å². The first-order valence-corrected chi connectivity index (χ1v) is 5.53. The van der Waals surface area contributed by atoms with Gasteiger partial charge in [0, 0.05) is 18.2 Å². The Kier molecular flexibility index (Phi) is 2.92. The Morgan fingerprint density at radius 3 is 3.07 bits per heavy atom. The summed E-state index contributed by atoms with van der Waals surface area (Å²) in [6.07, 6.45) is 6.28. The average molecular weight is 193 g/mol. The van der Waals surface area contributed by atoms with Gasteiger partial charge in [-0.15, -0.1) is 0 Å². The molecule has 0 radical (unpaired) electrons. The third-order valence-corrected chi connectivity index (χ3v) is 2.89. The van der Waals surface area contributed by atoms with Crippen LogP contribution >= 0.6 is 0 Å². The highest BCUT2D eigenvalue weighted by Gasteiger charge is 2.26. The molecule has 14 heavy (non-hydrogen) atoms. The number of rotatable bonds is 3. The van der Waals surface area contributed by atoms with Gasteiger partial charge in [-0.05, 0) is 31.4 Å². The fourth-order valence-corrected chi connectivity index (χ4v) is 2.36. The van der Waals surface area contributed by atoms with E-state index in [0.29, 0.717) is 6.04 Å². The predicted octanol–water partition coefficient (Wildman–Crippen LogP) is 3.07. The molecule has 0 N–H and O–H groups in total. The lowest BCUT2D eigenvalue weighted by molar-refractivity contribution is 0.228. The van der Waals surface area contributed by atoms with Crippen molar-refractivity contribution in [3.8, 4) is 0 Å². The molecule has 0 aromatic carbocycles. The molecule has 1 aromatic rings. The molecular formula is C12H19NO. The first-order valence-electron chi connectivity index (χ1n) is 5.53. The van der Waals surface area contributed by atoms with Gasteiger partial charge in [-0.25, -0.2) is 0 Å². The number of nitrogens with zero attached hydrogens (tertiary/aromatic N) is 1. The van der Waals surface area contributed by atoms with Gasteiger partial charge in [0.2, 0.25) is 0 Å². The molecule has 0 aliphatic carbocycles. The van der Waals surface area contributed by atoms with Gasteiger partial charge in [0.05, 0.1) is 12.5 Å². The van der Waals surface area contributed by atoms with Crippen molar-refractivity contribution >= 4 is 0 Å². The number of hydrogen-bond donors (Lipinski definition) is 0. The van der Waals surface area contributed by atoms with Crippen molar-refractivity contribution in [1.82, 2.24) is 4.90 Å². The zero-order chi connectivity index (χ0) is 9.97. The van der Waals surface area contributed by atoms with Gasteiger partial charge in [-0.1, -0.05) is 13.8 Å². The molecule has 1 aromatic heterocycles. The van der Waals surface area contributed by atoms with Crippen LogP contribution in [0.25, 0.3) is 0 Å². The summed E-state index contributed by atoms with van der Waals surface area (Å²) in [7, 11) is 0. The van der Waals surface area contributed by atoms with Crippen LogP contribution < -0.4 is 0 Å². The van der Waals surface area contributed by atoms with Crippen molar-refractivity contribution in [1.29, 1.82) is 0 Å². The van der Waals surface area contributed by atoms with Gasteiger partial charge < -0.3 is 4.42 Å². The second kappa shape index (κ2) is 4.18. The first kappa shape index (κ1) is 9.78. The van der Waals surface area contributed by atoms with E-state index in [9.17, 15) is 0 Å². The van der Waals surface area contributed by atoms with Gasteiger partial charge >= 0.3 is 0 Å². The predicted molar refractivity (Wildman–Crippen MR) is 57.1 cm³/mol. The molecule has 0 amide bonds. The molecule has 1 aliphatic heterocycles. The molecule has 1 atom stereocenters. The zero-order valence-corrected chi connectivity index (χ0v) is 9.07. The highest BCUT2D eigenvalue weighted by Crippen LogP contribution is 2.32. The van der Waals surface area contributed by atoms with Crippen LogP contribution in [-0.2, 0) is 0 Å². The quantitative estimate of drug-likeness (QED) is 0.733. The highest BCUT2D eigenvalue weighted by molar-refractivity contribution is 5.13. The molecule has 2 heteroatoms. The summed E-state index contributed by atoms with van der Waals surface area (Å²) in [5.41, 5.74) is 1.35. The summed E-state index contributed by atoms with van der Waals surface area (Å²) >= 11 is 0. The first-order chi connectivity index (χ1) is 6.77. The lowest BCUT2D eigenvalue weighted by atomic mass is 10.1. The molecule has 0 bridgehead atoms. The molecule has 2 nitrogen and oxygen atoms in total. The van der Waals surface area contributed by atoms with E-state index in [0.717, 1.165) is 5.92 Å². The SMILES string of the molecule is CC(C)CN1CCC[C@H]1c1ccoc1. The normalized spacial score (nSPS) is 23.5. The minimum absolute atomic E-state index is 0.608. The maximum atomic E-state index is 5.15. The lowest BCUT2D eigenvalue weighted by Crippen LogP contribution is -2.27. The van der Waals surface area contributed by atoms with Crippen molar-refractivity contribution in [2.24, 2.45) is 5.92 Å². The van der Waals surface area contributed by atoms with E-state index in [1.165, 1.54) is 31.5 Å². The molecule has 2 heterocycles. The monoisotopic (exact) mass is 193 g/mol. The topological polar surface area (TPSA) is 16.4 Å². The molecule has 78 valence electrons. The molecule has 0 spiro atoms. The second-order valence-electron chi connectivity index (χ2n) is 4.60. The Morgan fingerprint density at radius 1 is 1.57 bits per heavy atom. The van der Waals surface area contributed by atoms with Crippen molar-refractivity contribution in [2.75, 3.05) is 13.1 Å². The third kappa shape index (κ3) is 2.01. The summed E-state index contributed by atoms with van der Waals surface area (Å²) in [6.45, 7) is 7.01. The number of likely N-dealkylation sites (tertiary alicyclic amines) is 1. The Labute approximate surface area is 85.9 Å². The van der Waals surface area contributed by atoms with Gasteiger partial charge in [0.1, 0.15) is 0 Å². The van der Waals surface area contributed by atoms with E-state index in [1.807, 2.05) is 6.26 Å². The standard InChI is InChI=1S/C12H19NO/c1-10(2)8-13-6-3-4-12(13)11-5-7-14-9-11/h5,7,9-10,12H,3-4,6,8H2,1-2H3/t12-/m0/s1. The Balaban J connectivity index is 2.04. The lowest BCUT2D eigenvalue weighted by Gasteiger charge is -2.25. The highest BCUT2D eigenvalue weighted by atomic mass is 16.3. The third-order valence-electron chi connectivity index (χ3n) is 2.89. The van der Waals surface area contributed by atoms with Crippen LogP contribution in [0.1, 0.15) is 38.3 Å². The van der Waals surface area contributed by atoms with Crippen molar-refractivity contribution < 1.29 is 4.42 Å². The van der Waals surface area contributed by atoms with E-state index < -0.39 is 0 Å². The number of furan rings is 1. The number of hydrogen-bond acceptors (Lipinski definition) is 2. The summed E-state index contributed by atoms with van der Waals surface area (Å²) < 4.78 is 5.15. The van der Waals surface area contributed by atoms with Gasteiger partial charge in [0.15, 0.2) is 0 Å². The van der Waals surface area contributed by atoms with Gasteiger partial charge in [-0.3, -0.25) is 4.90 Å². The van der Waals surface area contributed by atoms with Gasteiger partial charge in [0.25, 0.3) is 0 Å². The van der Waals surface area contributed by atoms with Crippen molar-refractivity contribution in [3.05, 3.63) is 24.2 Å². The zero-order valence-electron chi connectivity index (χ0n) is 9.07. The maximum absolute atomic E-state index is 5.15. The molecule has 0 unspecified atom stereocenters. The molecule has 0 saturated carbocycles. The summed E-state index contributed by atoms with van der Waals surface area (Å²) in [5.74, 6) is 0.752. The summed E-state index contributed by atoms with van der Waals surface area (Å²) in [4.78, 5) is 2.58. The average Bonchev–Trinajstić information content (AvgIpc) is 2.70. The van der Waals surface area contributed by atoms with Crippen LogP contribution in [0.4, 0.5) is 0 Å². The molecule has 2 rings (SSSR count). The smallest absolute Gasteiger partial charge is 0.0950 e. The van der Waals surface area contributed by atoms with E-state index in [1.54, 1.807) is 6.26 Å². The molecule has 1 fully saturated rings. The minimum atomic E-state index is 0.608. The van der Waals surface area contributed by atoms with E-state index in [2.05, 4.69) is 24.8 Å². The van der Waals surface area contributed by atoms with Gasteiger partial charge in [-0.2, -0.15) is 0 Å². The van der Waals surface area contributed by atoms with Crippen LogP contribution in [0.15, 0.2) is 23.0 Å². The fourth-order valence-electron chi connectivity index (χ4n) is 2.36. The largest absolute Gasteiger partial charge is 0.472 e. The van der Waals surface area contributed by atoms with Crippen molar-refractivity contribution in [2.45, 2.75) is 32.7 Å². The van der Waals surface area contributed by atoms with Crippen LogP contribution in [0.3, 0.4) is 0 Å². The fraction of sp³-hybridized carbons (Fsp3) is 0.667. The Bertz CT molecular complexity index is 266. The Morgan fingerprint density at radius 2 is 2.43 bits per heavy atom. The van der Waals surface area contributed by atoms with E-state index in [-0.39, 0.29) is 0 Å². The summed E-state index contributed by atoms with van der Waals surface area (Å²) in [5, 5.41) is 0. The van der Waals surface area contributed by atoms with Crippen LogP contribution in [0.2, 0.25) is 0 Å². The Hall–Kier alpha value is -0.760. The summed E-state index contributed by atoms with van der Waals surface area (Å²) in [6, 6.07) is 2.71. The second-order valence-corrected chi connectivity index (χ2v) is 4.60. The van der Waals surface area contributed by atoms with Crippen LogP contribution in [-0.4, -0.2) is 18.0 Å². The minimum Gasteiger partial charge on any atom is -0.472 e. The van der Waals surface area contributed by atoms with E-state index in [4.69, 9.17) is 4.42 Å². The molecular weight excluding hydrogens is 174 g/mol. The van der Waals surface area contributed by atoms with E-state index >= 15 is 0 Å². The van der Waals surface area contributed by atoms with Crippen molar-refractivity contribution in [3.63, 3.8) is 0 Å². The maximum Gasteiger partial charge on any atom is 0.0950 e. The van der Waals surface area contributed by atoms with Crippen LogP contribution in [0.5, 0.6) is 0 Å². The molecule has 1 aliphatic rings.